The molecule has 1 aromatic heterocycles. The largest absolute Gasteiger partial charge is 0.288 e. The van der Waals surface area contributed by atoms with Crippen molar-refractivity contribution in [2.75, 3.05) is 0 Å². The van der Waals surface area contributed by atoms with Gasteiger partial charge in [0.2, 0.25) is 5.78 Å². The van der Waals surface area contributed by atoms with Crippen molar-refractivity contribution in [2.24, 2.45) is 0 Å². The molecule has 0 aliphatic carbocycles. The Morgan fingerprint density at radius 3 is 2.59 bits per heavy atom. The number of hydrogen-bond acceptors (Lipinski definition) is 2. The van der Waals surface area contributed by atoms with E-state index in [0.29, 0.717) is 5.92 Å². The summed E-state index contributed by atoms with van der Waals surface area (Å²) in [6.45, 7) is 4.32. The summed E-state index contributed by atoms with van der Waals surface area (Å²) in [5, 5.41) is 2.01. The summed E-state index contributed by atoms with van der Waals surface area (Å²) >= 11 is 1.55. The van der Waals surface area contributed by atoms with E-state index in [9.17, 15) is 4.79 Å². The zero-order valence-corrected chi connectivity index (χ0v) is 11.0. The molecule has 0 radical (unpaired) electrons. The van der Waals surface area contributed by atoms with Gasteiger partial charge >= 0.3 is 0 Å². The van der Waals surface area contributed by atoms with Gasteiger partial charge in [0.05, 0.1) is 4.88 Å². The molecule has 0 bridgehead atoms. The van der Waals surface area contributed by atoms with Crippen LogP contribution in [0.5, 0.6) is 0 Å². The molecule has 0 aliphatic heterocycles. The quantitative estimate of drug-likeness (QED) is 0.724. The predicted octanol–water partition coefficient (Wildman–Crippen LogP) is 4.49. The topological polar surface area (TPSA) is 17.1 Å². The van der Waals surface area contributed by atoms with Gasteiger partial charge in [-0.1, -0.05) is 44.2 Å². The van der Waals surface area contributed by atoms with Gasteiger partial charge in [-0.05, 0) is 29.3 Å². The molecule has 1 atom stereocenters. The van der Waals surface area contributed by atoms with E-state index < -0.39 is 0 Å². The number of thiophene rings is 1. The molecule has 0 spiro atoms. The first kappa shape index (κ1) is 12.1. The molecule has 1 unspecified atom stereocenters. The Morgan fingerprint density at radius 1 is 1.24 bits per heavy atom. The van der Waals surface area contributed by atoms with Gasteiger partial charge in [-0.25, -0.2) is 0 Å². The van der Waals surface area contributed by atoms with Crippen LogP contribution in [-0.4, -0.2) is 5.78 Å². The van der Waals surface area contributed by atoms with E-state index in [4.69, 9.17) is 0 Å². The molecule has 2 aromatic rings. The Labute approximate surface area is 106 Å². The van der Waals surface area contributed by atoms with Crippen molar-refractivity contribution < 1.29 is 4.79 Å². The molecule has 0 aliphatic rings. The van der Waals surface area contributed by atoms with Gasteiger partial charge in [-0.15, -0.1) is 11.3 Å². The smallest absolute Gasteiger partial charge is 0.203 e. The lowest BCUT2D eigenvalue weighted by molar-refractivity contribution is 0.104. The van der Waals surface area contributed by atoms with Gasteiger partial charge in [0.1, 0.15) is 0 Å². The Hall–Kier alpha value is -1.41. The fraction of sp³-hybridized carbons (Fsp3) is 0.267. The number of ketones is 1. The summed E-state index contributed by atoms with van der Waals surface area (Å²) in [4.78, 5) is 13.3. The SMILES string of the molecule is CCC(C)c1ccsc1C(=O)c1ccccc1. The van der Waals surface area contributed by atoms with E-state index in [1.54, 1.807) is 11.3 Å². The lowest BCUT2D eigenvalue weighted by atomic mass is 9.96. The molecular formula is C15H16OS. The second-order valence-electron chi connectivity index (χ2n) is 4.21. The second-order valence-corrected chi connectivity index (χ2v) is 5.13. The summed E-state index contributed by atoms with van der Waals surface area (Å²) in [6, 6.07) is 11.6. The number of carbonyl (C=O) groups excluding carboxylic acids is 1. The minimum absolute atomic E-state index is 0.149. The first-order valence-electron chi connectivity index (χ1n) is 5.91. The van der Waals surface area contributed by atoms with Crippen molar-refractivity contribution in [1.82, 2.24) is 0 Å². The Bertz CT molecular complexity index is 499. The standard InChI is InChI=1S/C15H16OS/c1-3-11(2)13-9-10-17-15(13)14(16)12-7-5-4-6-8-12/h4-11H,3H2,1-2H3. The number of rotatable bonds is 4. The maximum atomic E-state index is 12.4. The minimum Gasteiger partial charge on any atom is -0.288 e. The summed E-state index contributed by atoms with van der Waals surface area (Å²) in [6.07, 6.45) is 1.06. The molecule has 17 heavy (non-hydrogen) atoms. The Balaban J connectivity index is 2.35. The van der Waals surface area contributed by atoms with Gasteiger partial charge in [-0.2, -0.15) is 0 Å². The third kappa shape index (κ3) is 2.47. The van der Waals surface area contributed by atoms with Crippen LogP contribution < -0.4 is 0 Å². The molecule has 1 heterocycles. The van der Waals surface area contributed by atoms with Crippen LogP contribution in [0.1, 0.15) is 47.0 Å². The van der Waals surface area contributed by atoms with Crippen LogP contribution in [0.3, 0.4) is 0 Å². The van der Waals surface area contributed by atoms with Gasteiger partial charge in [-0.3, -0.25) is 4.79 Å². The fourth-order valence-electron chi connectivity index (χ4n) is 1.83. The first-order valence-corrected chi connectivity index (χ1v) is 6.79. The third-order valence-electron chi connectivity index (χ3n) is 3.08. The highest BCUT2D eigenvalue weighted by Crippen LogP contribution is 2.29. The molecule has 0 N–H and O–H groups in total. The van der Waals surface area contributed by atoms with Crippen LogP contribution in [0.15, 0.2) is 41.8 Å². The van der Waals surface area contributed by atoms with Crippen molar-refractivity contribution >= 4 is 17.1 Å². The summed E-state index contributed by atoms with van der Waals surface area (Å²) in [5.41, 5.74) is 1.96. The summed E-state index contributed by atoms with van der Waals surface area (Å²) in [5.74, 6) is 0.597. The van der Waals surface area contributed by atoms with E-state index >= 15 is 0 Å². The average molecular weight is 244 g/mol. The highest BCUT2D eigenvalue weighted by molar-refractivity contribution is 7.12. The monoisotopic (exact) mass is 244 g/mol. The van der Waals surface area contributed by atoms with Crippen LogP contribution in [0.25, 0.3) is 0 Å². The van der Waals surface area contributed by atoms with Crippen molar-refractivity contribution in [3.05, 3.63) is 57.8 Å². The molecule has 0 saturated carbocycles. The summed E-state index contributed by atoms with van der Waals surface area (Å²) in [7, 11) is 0. The van der Waals surface area contributed by atoms with Crippen LogP contribution in [0.2, 0.25) is 0 Å². The minimum atomic E-state index is 0.149. The van der Waals surface area contributed by atoms with Crippen LogP contribution in [0.4, 0.5) is 0 Å². The Kier molecular flexibility index (Phi) is 3.75. The second kappa shape index (κ2) is 5.28. The van der Waals surface area contributed by atoms with E-state index in [1.807, 2.05) is 35.7 Å². The van der Waals surface area contributed by atoms with Crippen molar-refractivity contribution in [3.8, 4) is 0 Å². The highest BCUT2D eigenvalue weighted by Gasteiger charge is 2.17. The van der Waals surface area contributed by atoms with Gasteiger partial charge < -0.3 is 0 Å². The van der Waals surface area contributed by atoms with Crippen molar-refractivity contribution in [1.29, 1.82) is 0 Å². The van der Waals surface area contributed by atoms with E-state index in [1.165, 1.54) is 5.56 Å². The van der Waals surface area contributed by atoms with E-state index in [2.05, 4.69) is 19.9 Å². The maximum Gasteiger partial charge on any atom is 0.203 e. The number of hydrogen-bond donors (Lipinski definition) is 0. The zero-order chi connectivity index (χ0) is 12.3. The maximum absolute atomic E-state index is 12.4. The molecular weight excluding hydrogens is 228 g/mol. The van der Waals surface area contributed by atoms with E-state index in [-0.39, 0.29) is 5.78 Å². The fourth-order valence-corrected chi connectivity index (χ4v) is 2.81. The molecule has 0 fully saturated rings. The highest BCUT2D eigenvalue weighted by atomic mass is 32.1. The molecule has 1 aromatic carbocycles. The average Bonchev–Trinajstić information content (AvgIpc) is 2.87. The van der Waals surface area contributed by atoms with E-state index in [0.717, 1.165) is 16.9 Å². The lowest BCUT2D eigenvalue weighted by Crippen LogP contribution is -2.03. The first-order chi connectivity index (χ1) is 8.24. The molecule has 1 nitrogen and oxygen atoms in total. The molecule has 2 rings (SSSR count). The van der Waals surface area contributed by atoms with Crippen molar-refractivity contribution in [2.45, 2.75) is 26.2 Å². The normalized spacial score (nSPS) is 12.4. The predicted molar refractivity (Wildman–Crippen MR) is 72.9 cm³/mol. The lowest BCUT2D eigenvalue weighted by Gasteiger charge is -2.09. The Morgan fingerprint density at radius 2 is 1.94 bits per heavy atom. The molecule has 0 saturated heterocycles. The number of benzene rings is 1. The molecule has 88 valence electrons. The number of carbonyl (C=O) groups is 1. The third-order valence-corrected chi connectivity index (χ3v) is 4.01. The van der Waals surface area contributed by atoms with Gasteiger partial charge in [0.15, 0.2) is 0 Å². The van der Waals surface area contributed by atoms with Gasteiger partial charge in [0, 0.05) is 5.56 Å². The summed E-state index contributed by atoms with van der Waals surface area (Å²) < 4.78 is 0. The van der Waals surface area contributed by atoms with Gasteiger partial charge in [0.25, 0.3) is 0 Å². The van der Waals surface area contributed by atoms with Crippen LogP contribution in [0, 0.1) is 0 Å². The zero-order valence-electron chi connectivity index (χ0n) is 10.1. The van der Waals surface area contributed by atoms with Crippen LogP contribution >= 0.6 is 11.3 Å². The molecule has 0 amide bonds. The van der Waals surface area contributed by atoms with Crippen molar-refractivity contribution in [3.63, 3.8) is 0 Å². The van der Waals surface area contributed by atoms with Crippen LogP contribution in [-0.2, 0) is 0 Å². The molecule has 2 heteroatoms.